The fourth-order valence-electron chi connectivity index (χ4n) is 3.31. The van der Waals surface area contributed by atoms with Crippen molar-refractivity contribution in [3.63, 3.8) is 0 Å². The number of urea groups is 1. The average Bonchev–Trinajstić information content (AvgIpc) is 2.73. The Morgan fingerprint density at radius 1 is 1.14 bits per heavy atom. The number of para-hydroxylation sites is 2. The first kappa shape index (κ1) is 13.9. The van der Waals surface area contributed by atoms with Gasteiger partial charge < -0.3 is 10.1 Å². The van der Waals surface area contributed by atoms with Gasteiger partial charge in [-0.2, -0.15) is 0 Å². The fourth-order valence-corrected chi connectivity index (χ4v) is 3.31. The summed E-state index contributed by atoms with van der Waals surface area (Å²) in [5.74, 6) is 0.318. The zero-order valence-corrected chi connectivity index (χ0v) is 12.2. The van der Waals surface area contributed by atoms with Crippen LogP contribution in [-0.4, -0.2) is 25.1 Å². The number of anilines is 1. The van der Waals surface area contributed by atoms with Gasteiger partial charge in [-0.05, 0) is 25.0 Å². The highest BCUT2D eigenvalue weighted by Crippen LogP contribution is 2.34. The van der Waals surface area contributed by atoms with Crippen molar-refractivity contribution in [2.24, 2.45) is 5.92 Å². The maximum atomic E-state index is 12.8. The van der Waals surface area contributed by atoms with Crippen molar-refractivity contribution in [3.05, 3.63) is 24.3 Å². The molecule has 5 nitrogen and oxygen atoms in total. The Balaban J connectivity index is 1.95. The van der Waals surface area contributed by atoms with Crippen molar-refractivity contribution in [2.45, 2.75) is 38.1 Å². The van der Waals surface area contributed by atoms with E-state index < -0.39 is 0 Å². The van der Waals surface area contributed by atoms with Crippen molar-refractivity contribution in [2.75, 3.05) is 12.0 Å². The molecule has 2 unspecified atom stereocenters. The maximum absolute atomic E-state index is 12.8. The number of hydrogen-bond acceptors (Lipinski definition) is 3. The molecule has 1 saturated heterocycles. The number of nitrogens with one attached hydrogen (secondary N) is 1. The summed E-state index contributed by atoms with van der Waals surface area (Å²) in [5.41, 5.74) is 0.519. The maximum Gasteiger partial charge on any atom is 0.329 e. The monoisotopic (exact) mass is 288 g/mol. The molecule has 2 aliphatic rings. The van der Waals surface area contributed by atoms with Gasteiger partial charge in [-0.25, -0.2) is 9.69 Å². The molecule has 1 N–H and O–H groups in total. The summed E-state index contributed by atoms with van der Waals surface area (Å²) in [5, 5.41) is 3.00. The average molecular weight is 288 g/mol. The summed E-state index contributed by atoms with van der Waals surface area (Å²) in [6.07, 6.45) is 4.98. The number of hydrogen-bond donors (Lipinski definition) is 1. The number of carbonyl (C=O) groups is 2. The first-order valence-electron chi connectivity index (χ1n) is 7.50. The molecule has 1 aromatic rings. The van der Waals surface area contributed by atoms with Crippen LogP contribution < -0.4 is 15.0 Å². The smallest absolute Gasteiger partial charge is 0.329 e. The highest BCUT2D eigenvalue weighted by atomic mass is 16.5. The Hall–Kier alpha value is -2.04. The van der Waals surface area contributed by atoms with E-state index in [1.165, 1.54) is 4.90 Å². The highest BCUT2D eigenvalue weighted by Gasteiger charge is 2.42. The first-order chi connectivity index (χ1) is 10.2. The van der Waals surface area contributed by atoms with E-state index in [-0.39, 0.29) is 23.9 Å². The van der Waals surface area contributed by atoms with Gasteiger partial charge >= 0.3 is 6.03 Å². The lowest BCUT2D eigenvalue weighted by molar-refractivity contribution is -0.123. The van der Waals surface area contributed by atoms with E-state index in [0.29, 0.717) is 11.4 Å². The van der Waals surface area contributed by atoms with Gasteiger partial charge in [0.2, 0.25) is 5.91 Å². The standard InChI is InChI=1S/C16H20N2O3/c1-21-14-10-6-5-9-13(14)18-15(19)11-7-3-2-4-8-12(11)17-16(18)20/h5-6,9-12H,2-4,7-8H2,1H3,(H,17,20). The Morgan fingerprint density at radius 2 is 1.90 bits per heavy atom. The van der Waals surface area contributed by atoms with Crippen LogP contribution in [0, 0.1) is 5.92 Å². The van der Waals surface area contributed by atoms with Gasteiger partial charge in [0.1, 0.15) is 5.75 Å². The van der Waals surface area contributed by atoms with Crippen LogP contribution in [0.2, 0.25) is 0 Å². The van der Waals surface area contributed by atoms with Gasteiger partial charge in [0.05, 0.1) is 18.7 Å². The second-order valence-electron chi connectivity index (χ2n) is 5.65. The highest BCUT2D eigenvalue weighted by molar-refractivity contribution is 6.17. The number of amides is 3. The summed E-state index contributed by atoms with van der Waals surface area (Å²) >= 11 is 0. The Labute approximate surface area is 124 Å². The number of methoxy groups -OCH3 is 1. The van der Waals surface area contributed by atoms with Gasteiger partial charge in [0.25, 0.3) is 0 Å². The molecule has 1 aliphatic carbocycles. The van der Waals surface area contributed by atoms with Crippen molar-refractivity contribution in [3.8, 4) is 5.75 Å². The molecule has 21 heavy (non-hydrogen) atoms. The Morgan fingerprint density at radius 3 is 2.71 bits per heavy atom. The van der Waals surface area contributed by atoms with Crippen molar-refractivity contribution in [1.29, 1.82) is 0 Å². The van der Waals surface area contributed by atoms with E-state index in [2.05, 4.69) is 5.32 Å². The second kappa shape index (κ2) is 5.76. The van der Waals surface area contributed by atoms with Crippen LogP contribution in [0.25, 0.3) is 0 Å². The van der Waals surface area contributed by atoms with Crippen LogP contribution >= 0.6 is 0 Å². The van der Waals surface area contributed by atoms with Crippen LogP contribution in [0.5, 0.6) is 5.75 Å². The minimum atomic E-state index is -0.340. The topological polar surface area (TPSA) is 58.6 Å². The molecule has 1 saturated carbocycles. The lowest BCUT2D eigenvalue weighted by Crippen LogP contribution is -2.60. The number of imide groups is 1. The molecule has 112 valence electrons. The SMILES string of the molecule is COc1ccccc1N1C(=O)NC2CCCCCC2C1=O. The second-order valence-corrected chi connectivity index (χ2v) is 5.65. The largest absolute Gasteiger partial charge is 0.495 e. The molecule has 5 heteroatoms. The molecule has 1 heterocycles. The van der Waals surface area contributed by atoms with Crippen LogP contribution in [-0.2, 0) is 4.79 Å². The minimum absolute atomic E-state index is 0.0153. The first-order valence-corrected chi connectivity index (χ1v) is 7.50. The van der Waals surface area contributed by atoms with E-state index in [9.17, 15) is 9.59 Å². The van der Waals surface area contributed by atoms with Gasteiger partial charge in [0.15, 0.2) is 0 Å². The molecule has 1 aromatic carbocycles. The molecule has 2 atom stereocenters. The number of nitrogens with zero attached hydrogens (tertiary/aromatic N) is 1. The summed E-state index contributed by atoms with van der Waals surface area (Å²) in [6.45, 7) is 0. The minimum Gasteiger partial charge on any atom is -0.495 e. The molecule has 0 spiro atoms. The summed E-state index contributed by atoms with van der Waals surface area (Å²) in [4.78, 5) is 26.4. The molecule has 0 bridgehead atoms. The molecule has 3 amide bonds. The van der Waals surface area contributed by atoms with E-state index >= 15 is 0 Å². The molecule has 1 aliphatic heterocycles. The van der Waals surface area contributed by atoms with Crippen LogP contribution in [0.15, 0.2) is 24.3 Å². The number of benzene rings is 1. The quantitative estimate of drug-likeness (QED) is 0.910. The lowest BCUT2D eigenvalue weighted by Gasteiger charge is -2.37. The zero-order valence-electron chi connectivity index (χ0n) is 12.2. The van der Waals surface area contributed by atoms with Gasteiger partial charge in [-0.1, -0.05) is 31.4 Å². The molecular formula is C16H20N2O3. The molecular weight excluding hydrogens is 268 g/mol. The zero-order chi connectivity index (χ0) is 14.8. The molecule has 0 radical (unpaired) electrons. The number of rotatable bonds is 2. The third-order valence-corrected chi connectivity index (χ3v) is 4.39. The number of fused-ring (bicyclic) bond motifs is 1. The molecule has 0 aromatic heterocycles. The normalized spacial score (nSPS) is 25.9. The van der Waals surface area contributed by atoms with E-state index in [0.717, 1.165) is 32.1 Å². The van der Waals surface area contributed by atoms with Crippen molar-refractivity contribution in [1.82, 2.24) is 5.32 Å². The van der Waals surface area contributed by atoms with Crippen LogP contribution in [0.1, 0.15) is 32.1 Å². The third kappa shape index (κ3) is 2.48. The third-order valence-electron chi connectivity index (χ3n) is 4.39. The van der Waals surface area contributed by atoms with E-state index in [1.807, 2.05) is 6.07 Å². The van der Waals surface area contributed by atoms with Gasteiger partial charge in [-0.15, -0.1) is 0 Å². The Kier molecular flexibility index (Phi) is 3.82. The lowest BCUT2D eigenvalue weighted by atomic mass is 9.91. The van der Waals surface area contributed by atoms with Crippen LogP contribution in [0.4, 0.5) is 10.5 Å². The van der Waals surface area contributed by atoms with Crippen molar-refractivity contribution < 1.29 is 14.3 Å². The van der Waals surface area contributed by atoms with E-state index in [4.69, 9.17) is 4.74 Å². The Bertz CT molecular complexity index is 558. The summed E-state index contributed by atoms with van der Waals surface area (Å²) in [6, 6.07) is 6.77. The predicted molar refractivity (Wildman–Crippen MR) is 79.4 cm³/mol. The summed E-state index contributed by atoms with van der Waals surface area (Å²) in [7, 11) is 1.54. The number of carbonyl (C=O) groups excluding carboxylic acids is 2. The fraction of sp³-hybridized carbons (Fsp3) is 0.500. The van der Waals surface area contributed by atoms with Crippen LogP contribution in [0.3, 0.4) is 0 Å². The van der Waals surface area contributed by atoms with Crippen molar-refractivity contribution >= 4 is 17.6 Å². The summed E-state index contributed by atoms with van der Waals surface area (Å²) < 4.78 is 5.28. The van der Waals surface area contributed by atoms with Gasteiger partial charge in [-0.3, -0.25) is 4.79 Å². The van der Waals surface area contributed by atoms with E-state index in [1.54, 1.807) is 25.3 Å². The predicted octanol–water partition coefficient (Wildman–Crippen LogP) is 2.70. The van der Waals surface area contributed by atoms with Gasteiger partial charge in [0, 0.05) is 6.04 Å². The molecule has 3 rings (SSSR count). The number of ether oxygens (including phenoxy) is 1. The molecule has 2 fully saturated rings.